The summed E-state index contributed by atoms with van der Waals surface area (Å²) in [5.41, 5.74) is 0.194. The van der Waals surface area contributed by atoms with E-state index in [1.807, 2.05) is 0 Å². The Morgan fingerprint density at radius 1 is 1.44 bits per heavy atom. The van der Waals surface area contributed by atoms with Gasteiger partial charge < -0.3 is 5.11 Å². The van der Waals surface area contributed by atoms with Crippen LogP contribution in [0.4, 0.5) is 0 Å². The Bertz CT molecular complexity index is 668. The van der Waals surface area contributed by atoms with E-state index < -0.39 is 5.97 Å². The van der Waals surface area contributed by atoms with E-state index in [-0.39, 0.29) is 11.3 Å². The minimum atomic E-state index is -1.05. The SMILES string of the molecule is Cc1nn(C)c(Sc2n[nH]c(=O)n2C)c1C(=O)O. The Morgan fingerprint density at radius 2 is 2.11 bits per heavy atom. The fourth-order valence-corrected chi connectivity index (χ4v) is 2.50. The van der Waals surface area contributed by atoms with E-state index in [0.717, 1.165) is 11.8 Å². The third-order valence-electron chi connectivity index (χ3n) is 2.41. The van der Waals surface area contributed by atoms with E-state index in [1.54, 1.807) is 21.0 Å². The van der Waals surface area contributed by atoms with Gasteiger partial charge in [0.25, 0.3) is 0 Å². The van der Waals surface area contributed by atoms with Crippen LogP contribution in [0.2, 0.25) is 0 Å². The van der Waals surface area contributed by atoms with E-state index >= 15 is 0 Å². The average molecular weight is 269 g/mol. The summed E-state index contributed by atoms with van der Waals surface area (Å²) in [6, 6.07) is 0. The van der Waals surface area contributed by atoms with Gasteiger partial charge in [0.05, 0.1) is 5.69 Å². The van der Waals surface area contributed by atoms with Gasteiger partial charge in [-0.2, -0.15) is 5.10 Å². The second-order valence-corrected chi connectivity index (χ2v) is 4.62. The number of aromatic carboxylic acids is 1. The van der Waals surface area contributed by atoms with Crippen LogP contribution in [0.3, 0.4) is 0 Å². The van der Waals surface area contributed by atoms with Gasteiger partial charge in [0.1, 0.15) is 10.6 Å². The summed E-state index contributed by atoms with van der Waals surface area (Å²) in [6.45, 7) is 1.62. The molecule has 2 aromatic rings. The maximum absolute atomic E-state index is 11.2. The van der Waals surface area contributed by atoms with Crippen molar-refractivity contribution in [3.05, 3.63) is 21.7 Å². The summed E-state index contributed by atoms with van der Waals surface area (Å²) in [6.07, 6.45) is 0. The van der Waals surface area contributed by atoms with Crippen LogP contribution in [0.15, 0.2) is 15.0 Å². The molecule has 2 N–H and O–H groups in total. The molecule has 9 heteroatoms. The third kappa shape index (κ3) is 1.92. The molecule has 8 nitrogen and oxygen atoms in total. The molecule has 0 fully saturated rings. The number of carboxylic acids is 1. The number of carboxylic acid groups (broad SMARTS) is 1. The largest absolute Gasteiger partial charge is 0.478 e. The number of hydrogen-bond donors (Lipinski definition) is 2. The number of H-pyrrole nitrogens is 1. The van der Waals surface area contributed by atoms with E-state index in [0.29, 0.717) is 15.9 Å². The minimum absolute atomic E-state index is 0.123. The molecule has 0 aliphatic rings. The highest BCUT2D eigenvalue weighted by molar-refractivity contribution is 7.99. The van der Waals surface area contributed by atoms with Crippen molar-refractivity contribution in [2.45, 2.75) is 17.1 Å². The Hall–Kier alpha value is -2.03. The smallest absolute Gasteiger partial charge is 0.343 e. The van der Waals surface area contributed by atoms with Crippen molar-refractivity contribution in [2.24, 2.45) is 14.1 Å². The van der Waals surface area contributed by atoms with Crippen LogP contribution in [0.25, 0.3) is 0 Å². The highest BCUT2D eigenvalue weighted by Gasteiger charge is 2.22. The third-order valence-corrected chi connectivity index (χ3v) is 3.62. The topological polar surface area (TPSA) is 106 Å². The molecule has 0 saturated carbocycles. The van der Waals surface area contributed by atoms with Crippen molar-refractivity contribution in [1.29, 1.82) is 0 Å². The Kier molecular flexibility index (Phi) is 2.99. The zero-order valence-corrected chi connectivity index (χ0v) is 10.8. The number of nitrogens with one attached hydrogen (secondary N) is 1. The molecule has 96 valence electrons. The summed E-state index contributed by atoms with van der Waals surface area (Å²) in [4.78, 5) is 22.4. The molecule has 0 saturated heterocycles. The second-order valence-electron chi connectivity index (χ2n) is 3.67. The molecule has 0 aliphatic carbocycles. The van der Waals surface area contributed by atoms with Crippen molar-refractivity contribution >= 4 is 17.7 Å². The molecule has 0 atom stereocenters. The fraction of sp³-hybridized carbons (Fsp3) is 0.333. The van der Waals surface area contributed by atoms with E-state index in [4.69, 9.17) is 5.11 Å². The number of aromatic nitrogens is 5. The Labute approximate surface area is 106 Å². The highest BCUT2D eigenvalue weighted by Crippen LogP contribution is 2.29. The summed E-state index contributed by atoms with van der Waals surface area (Å²) < 4.78 is 2.77. The molecule has 2 heterocycles. The van der Waals surface area contributed by atoms with E-state index in [2.05, 4.69) is 15.3 Å². The lowest BCUT2D eigenvalue weighted by molar-refractivity contribution is 0.0692. The fourth-order valence-electron chi connectivity index (χ4n) is 1.51. The van der Waals surface area contributed by atoms with Crippen LogP contribution < -0.4 is 5.69 Å². The van der Waals surface area contributed by atoms with Gasteiger partial charge in [0.15, 0.2) is 5.16 Å². The van der Waals surface area contributed by atoms with Crippen molar-refractivity contribution in [1.82, 2.24) is 24.5 Å². The first-order valence-electron chi connectivity index (χ1n) is 4.98. The van der Waals surface area contributed by atoms with Gasteiger partial charge >= 0.3 is 11.7 Å². The van der Waals surface area contributed by atoms with Crippen LogP contribution >= 0.6 is 11.8 Å². The number of aromatic amines is 1. The average Bonchev–Trinajstić information content (AvgIpc) is 2.73. The van der Waals surface area contributed by atoms with Crippen LogP contribution in [0.1, 0.15) is 16.1 Å². The monoisotopic (exact) mass is 269 g/mol. The predicted molar refractivity (Wildman–Crippen MR) is 62.9 cm³/mol. The van der Waals surface area contributed by atoms with Gasteiger partial charge in [0.2, 0.25) is 0 Å². The van der Waals surface area contributed by atoms with Crippen LogP contribution in [0, 0.1) is 6.92 Å². The zero-order chi connectivity index (χ0) is 13.4. The normalized spacial score (nSPS) is 10.8. The molecule has 0 bridgehead atoms. The molecule has 0 radical (unpaired) electrons. The molecular weight excluding hydrogens is 258 g/mol. The Morgan fingerprint density at radius 3 is 2.61 bits per heavy atom. The lowest BCUT2D eigenvalue weighted by Crippen LogP contribution is -2.13. The number of carbonyl (C=O) groups is 1. The summed E-state index contributed by atoms with van der Waals surface area (Å²) >= 11 is 1.08. The molecule has 2 aromatic heterocycles. The molecule has 0 unspecified atom stereocenters. The minimum Gasteiger partial charge on any atom is -0.478 e. The van der Waals surface area contributed by atoms with Crippen molar-refractivity contribution in [3.8, 4) is 0 Å². The second kappa shape index (κ2) is 4.33. The molecule has 0 amide bonds. The maximum Gasteiger partial charge on any atom is 0.343 e. The van der Waals surface area contributed by atoms with Gasteiger partial charge in [-0.1, -0.05) is 0 Å². The molecule has 18 heavy (non-hydrogen) atoms. The van der Waals surface area contributed by atoms with E-state index in [9.17, 15) is 9.59 Å². The van der Waals surface area contributed by atoms with Gasteiger partial charge in [-0.05, 0) is 18.7 Å². The molecule has 0 aliphatic heterocycles. The zero-order valence-electron chi connectivity index (χ0n) is 9.96. The van der Waals surface area contributed by atoms with Crippen molar-refractivity contribution < 1.29 is 9.90 Å². The number of aryl methyl sites for hydroxylation is 2. The maximum atomic E-state index is 11.2. The van der Waals surface area contributed by atoms with Gasteiger partial charge in [-0.15, -0.1) is 5.10 Å². The van der Waals surface area contributed by atoms with Crippen molar-refractivity contribution in [2.75, 3.05) is 0 Å². The highest BCUT2D eigenvalue weighted by atomic mass is 32.2. The van der Waals surface area contributed by atoms with Crippen LogP contribution in [-0.2, 0) is 14.1 Å². The van der Waals surface area contributed by atoms with Gasteiger partial charge in [-0.3, -0.25) is 9.25 Å². The first-order chi connectivity index (χ1) is 8.41. The van der Waals surface area contributed by atoms with Crippen molar-refractivity contribution in [3.63, 3.8) is 0 Å². The van der Waals surface area contributed by atoms with Crippen LogP contribution in [-0.4, -0.2) is 35.6 Å². The Balaban J connectivity index is 2.49. The summed E-state index contributed by atoms with van der Waals surface area (Å²) in [5, 5.41) is 20.1. The summed E-state index contributed by atoms with van der Waals surface area (Å²) in [7, 11) is 3.20. The molecule has 0 spiro atoms. The number of hydrogen-bond acceptors (Lipinski definition) is 5. The van der Waals surface area contributed by atoms with Gasteiger partial charge in [0, 0.05) is 14.1 Å². The number of nitrogens with zero attached hydrogens (tertiary/aromatic N) is 4. The predicted octanol–water partition coefficient (Wildman–Crippen LogP) is -0.000280. The first kappa shape index (κ1) is 12.4. The lowest BCUT2D eigenvalue weighted by atomic mass is 10.3. The molecule has 0 aromatic carbocycles. The lowest BCUT2D eigenvalue weighted by Gasteiger charge is -2.02. The standard InChI is InChI=1S/C9H11N5O3S/c1-4-5(7(15)16)6(14(3)12-4)18-9-11-10-8(17)13(9)2/h1-3H3,(H,10,17)(H,15,16). The van der Waals surface area contributed by atoms with Gasteiger partial charge in [-0.25, -0.2) is 14.7 Å². The molecule has 2 rings (SSSR count). The summed E-state index contributed by atoms with van der Waals surface area (Å²) in [5.74, 6) is -1.05. The first-order valence-corrected chi connectivity index (χ1v) is 5.79. The van der Waals surface area contributed by atoms with Crippen LogP contribution in [0.5, 0.6) is 0 Å². The van der Waals surface area contributed by atoms with E-state index in [1.165, 1.54) is 9.25 Å². The number of rotatable bonds is 3. The quantitative estimate of drug-likeness (QED) is 0.812. The molecular formula is C9H11N5O3S.